The molecule has 0 atom stereocenters. The van der Waals surface area contributed by atoms with Gasteiger partial charge in [0.1, 0.15) is 5.75 Å². The Bertz CT molecular complexity index is 476. The largest absolute Gasteiger partial charge is 0.423 e. The standard InChI is InChI=1S/C11H10N2O4/c1-2-9(14)17-8-4-6(10(12)15)3-7(5-8)11(13)16/h2-5H,1H2,(H2,12,15)(H2,13,16). The molecule has 0 saturated carbocycles. The molecule has 0 fully saturated rings. The maximum absolute atomic E-state index is 11.0. The minimum atomic E-state index is -0.760. The number of carbonyl (C=O) groups excluding carboxylic acids is 3. The molecule has 0 spiro atoms. The summed E-state index contributed by atoms with van der Waals surface area (Å²) in [6.45, 7) is 3.21. The van der Waals surface area contributed by atoms with E-state index in [-0.39, 0.29) is 16.9 Å². The lowest BCUT2D eigenvalue weighted by Gasteiger charge is -2.05. The smallest absolute Gasteiger partial charge is 0.335 e. The lowest BCUT2D eigenvalue weighted by molar-refractivity contribution is -0.128. The molecule has 0 saturated heterocycles. The second kappa shape index (κ2) is 4.93. The van der Waals surface area contributed by atoms with E-state index >= 15 is 0 Å². The van der Waals surface area contributed by atoms with Crippen molar-refractivity contribution in [3.63, 3.8) is 0 Å². The fraction of sp³-hybridized carbons (Fsp3) is 0. The van der Waals surface area contributed by atoms with Gasteiger partial charge in [-0.25, -0.2) is 4.79 Å². The lowest BCUT2D eigenvalue weighted by Crippen LogP contribution is -2.16. The summed E-state index contributed by atoms with van der Waals surface area (Å²) in [5.74, 6) is -2.24. The Morgan fingerprint density at radius 1 is 1.06 bits per heavy atom. The number of carbonyl (C=O) groups is 3. The topological polar surface area (TPSA) is 112 Å². The van der Waals surface area contributed by atoms with E-state index in [1.165, 1.54) is 18.2 Å². The summed E-state index contributed by atoms with van der Waals surface area (Å²) < 4.78 is 4.77. The fourth-order valence-electron chi connectivity index (χ4n) is 1.10. The van der Waals surface area contributed by atoms with E-state index in [0.29, 0.717) is 0 Å². The SMILES string of the molecule is C=CC(=O)Oc1cc(C(N)=O)cc(C(N)=O)c1. The molecule has 0 aliphatic rings. The van der Waals surface area contributed by atoms with Crippen LogP contribution >= 0.6 is 0 Å². The minimum absolute atomic E-state index is 0.000000000000000444. The first-order valence-electron chi connectivity index (χ1n) is 4.53. The lowest BCUT2D eigenvalue weighted by atomic mass is 10.1. The second-order valence-electron chi connectivity index (χ2n) is 3.10. The van der Waals surface area contributed by atoms with E-state index in [0.717, 1.165) is 6.08 Å². The number of rotatable bonds is 4. The zero-order valence-electron chi connectivity index (χ0n) is 8.80. The molecule has 17 heavy (non-hydrogen) atoms. The Kier molecular flexibility index (Phi) is 3.61. The highest BCUT2D eigenvalue weighted by Crippen LogP contribution is 2.17. The van der Waals surface area contributed by atoms with E-state index in [1.807, 2.05) is 0 Å². The maximum atomic E-state index is 11.0. The number of benzene rings is 1. The van der Waals surface area contributed by atoms with Gasteiger partial charge in [0, 0.05) is 17.2 Å². The molecular formula is C11H10N2O4. The van der Waals surface area contributed by atoms with Crippen LogP contribution in [0.3, 0.4) is 0 Å². The summed E-state index contributed by atoms with van der Waals surface area (Å²) in [4.78, 5) is 33.0. The van der Waals surface area contributed by atoms with Gasteiger partial charge in [0.15, 0.2) is 0 Å². The molecule has 0 aliphatic heterocycles. The van der Waals surface area contributed by atoms with E-state index in [2.05, 4.69) is 6.58 Å². The van der Waals surface area contributed by atoms with Crippen LogP contribution in [0.1, 0.15) is 20.7 Å². The van der Waals surface area contributed by atoms with E-state index < -0.39 is 17.8 Å². The molecule has 1 aromatic carbocycles. The molecule has 2 amide bonds. The van der Waals surface area contributed by atoms with Gasteiger partial charge < -0.3 is 16.2 Å². The summed E-state index contributed by atoms with van der Waals surface area (Å²) in [7, 11) is 0. The average molecular weight is 234 g/mol. The monoisotopic (exact) mass is 234 g/mol. The van der Waals surface area contributed by atoms with Crippen LogP contribution in [0.2, 0.25) is 0 Å². The zero-order chi connectivity index (χ0) is 13.0. The Labute approximate surface area is 96.8 Å². The van der Waals surface area contributed by atoms with Gasteiger partial charge in [-0.1, -0.05) is 6.58 Å². The van der Waals surface area contributed by atoms with Gasteiger partial charge in [-0.3, -0.25) is 9.59 Å². The Morgan fingerprint density at radius 2 is 1.53 bits per heavy atom. The van der Waals surface area contributed by atoms with Gasteiger partial charge in [-0.15, -0.1) is 0 Å². The van der Waals surface area contributed by atoms with Gasteiger partial charge in [0.2, 0.25) is 11.8 Å². The van der Waals surface area contributed by atoms with Crippen molar-refractivity contribution >= 4 is 17.8 Å². The van der Waals surface area contributed by atoms with Crippen LogP contribution in [0.4, 0.5) is 0 Å². The first kappa shape index (κ1) is 12.4. The Morgan fingerprint density at radius 3 is 1.88 bits per heavy atom. The Balaban J connectivity index is 3.21. The molecule has 1 rings (SSSR count). The average Bonchev–Trinajstić information content (AvgIpc) is 2.28. The molecule has 0 heterocycles. The van der Waals surface area contributed by atoms with Gasteiger partial charge >= 0.3 is 5.97 Å². The van der Waals surface area contributed by atoms with Crippen molar-refractivity contribution in [3.05, 3.63) is 42.0 Å². The zero-order valence-corrected chi connectivity index (χ0v) is 8.80. The van der Waals surface area contributed by atoms with Gasteiger partial charge in [-0.2, -0.15) is 0 Å². The molecule has 0 radical (unpaired) electrons. The van der Waals surface area contributed by atoms with Crippen LogP contribution in [0, 0.1) is 0 Å². The maximum Gasteiger partial charge on any atom is 0.335 e. The quantitative estimate of drug-likeness (QED) is 0.433. The number of amides is 2. The number of hydrogen-bond acceptors (Lipinski definition) is 4. The van der Waals surface area contributed by atoms with E-state index in [4.69, 9.17) is 16.2 Å². The normalized spacial score (nSPS) is 9.41. The molecule has 0 unspecified atom stereocenters. The molecule has 88 valence electrons. The molecule has 1 aromatic rings. The van der Waals surface area contributed by atoms with Crippen LogP contribution in [0.5, 0.6) is 5.75 Å². The van der Waals surface area contributed by atoms with Gasteiger partial charge in [0.05, 0.1) is 0 Å². The predicted molar refractivity (Wildman–Crippen MR) is 59.3 cm³/mol. The van der Waals surface area contributed by atoms with Crippen LogP contribution in [-0.4, -0.2) is 17.8 Å². The third kappa shape index (κ3) is 3.16. The summed E-state index contributed by atoms with van der Waals surface area (Å²) in [6.07, 6.45) is 0.945. The van der Waals surface area contributed by atoms with Crippen molar-refractivity contribution in [2.45, 2.75) is 0 Å². The Hall–Kier alpha value is -2.63. The molecular weight excluding hydrogens is 224 g/mol. The summed E-state index contributed by atoms with van der Waals surface area (Å²) >= 11 is 0. The number of ether oxygens (including phenoxy) is 1. The number of esters is 1. The first-order valence-corrected chi connectivity index (χ1v) is 4.53. The van der Waals surface area contributed by atoms with Crippen molar-refractivity contribution in [1.82, 2.24) is 0 Å². The van der Waals surface area contributed by atoms with Crippen LogP contribution in [0.25, 0.3) is 0 Å². The molecule has 0 aromatic heterocycles. The number of hydrogen-bond donors (Lipinski definition) is 2. The highest BCUT2D eigenvalue weighted by Gasteiger charge is 2.11. The fourth-order valence-corrected chi connectivity index (χ4v) is 1.10. The van der Waals surface area contributed by atoms with Crippen molar-refractivity contribution in [3.8, 4) is 5.75 Å². The van der Waals surface area contributed by atoms with E-state index in [1.54, 1.807) is 0 Å². The molecule has 6 heteroatoms. The van der Waals surface area contributed by atoms with Gasteiger partial charge in [0.25, 0.3) is 0 Å². The van der Waals surface area contributed by atoms with Crippen LogP contribution < -0.4 is 16.2 Å². The van der Waals surface area contributed by atoms with Crippen LogP contribution in [-0.2, 0) is 4.79 Å². The van der Waals surface area contributed by atoms with Crippen LogP contribution in [0.15, 0.2) is 30.9 Å². The minimum Gasteiger partial charge on any atom is -0.423 e. The molecule has 0 bridgehead atoms. The molecule has 0 aliphatic carbocycles. The van der Waals surface area contributed by atoms with Crippen molar-refractivity contribution in [2.24, 2.45) is 11.5 Å². The molecule has 6 nitrogen and oxygen atoms in total. The summed E-state index contributed by atoms with van der Waals surface area (Å²) in [5.41, 5.74) is 10.2. The van der Waals surface area contributed by atoms with Crippen molar-refractivity contribution < 1.29 is 19.1 Å². The molecule has 4 N–H and O–H groups in total. The van der Waals surface area contributed by atoms with Crippen molar-refractivity contribution in [1.29, 1.82) is 0 Å². The third-order valence-corrected chi connectivity index (χ3v) is 1.86. The van der Waals surface area contributed by atoms with Gasteiger partial charge in [-0.05, 0) is 18.2 Å². The van der Waals surface area contributed by atoms with Crippen molar-refractivity contribution in [2.75, 3.05) is 0 Å². The highest BCUT2D eigenvalue weighted by atomic mass is 16.5. The summed E-state index contributed by atoms with van der Waals surface area (Å²) in [5, 5.41) is 0. The predicted octanol–water partition coefficient (Wildman–Crippen LogP) is -0.0242. The number of primary amides is 2. The highest BCUT2D eigenvalue weighted by molar-refractivity contribution is 5.99. The van der Waals surface area contributed by atoms with E-state index in [9.17, 15) is 14.4 Å². The first-order chi connectivity index (χ1) is 7.93. The number of nitrogens with two attached hydrogens (primary N) is 2. The second-order valence-corrected chi connectivity index (χ2v) is 3.10. The third-order valence-electron chi connectivity index (χ3n) is 1.86. The summed E-state index contributed by atoms with van der Waals surface area (Å²) in [6, 6.07) is 3.68.